The molecule has 0 radical (unpaired) electrons. The maximum atomic E-state index is 13.2. The van der Waals surface area contributed by atoms with Crippen molar-refractivity contribution in [2.45, 2.75) is 25.5 Å². The lowest BCUT2D eigenvalue weighted by Gasteiger charge is -2.24. The largest absolute Gasteiger partial charge is 0.484 e. The molecule has 1 saturated heterocycles. The summed E-state index contributed by atoms with van der Waals surface area (Å²) in [5.41, 5.74) is 1.13. The van der Waals surface area contributed by atoms with Gasteiger partial charge in [-0.25, -0.2) is 4.39 Å². The van der Waals surface area contributed by atoms with Crippen LogP contribution >= 0.6 is 11.6 Å². The first-order valence-electron chi connectivity index (χ1n) is 8.85. The molecule has 1 fully saturated rings. The van der Waals surface area contributed by atoms with E-state index in [1.807, 2.05) is 0 Å². The second-order valence-electron chi connectivity index (χ2n) is 6.51. The Labute approximate surface area is 165 Å². The molecule has 1 amide bonds. The van der Waals surface area contributed by atoms with Gasteiger partial charge in [0.15, 0.2) is 11.5 Å². The highest BCUT2D eigenvalue weighted by molar-refractivity contribution is 6.30. The summed E-state index contributed by atoms with van der Waals surface area (Å²) in [5, 5.41) is 4.35. The molecule has 28 heavy (non-hydrogen) atoms. The maximum absolute atomic E-state index is 13.2. The van der Waals surface area contributed by atoms with E-state index in [2.05, 4.69) is 10.1 Å². The molecule has 3 heterocycles. The fourth-order valence-corrected chi connectivity index (χ4v) is 3.46. The predicted octanol–water partition coefficient (Wildman–Crippen LogP) is 4.42. The zero-order chi connectivity index (χ0) is 19.5. The summed E-state index contributed by atoms with van der Waals surface area (Å²) in [6.45, 7) is 0.720. The predicted molar refractivity (Wildman–Crippen MR) is 99.5 cm³/mol. The van der Waals surface area contributed by atoms with E-state index in [-0.39, 0.29) is 30.1 Å². The lowest BCUT2D eigenvalue weighted by molar-refractivity contribution is 0.0725. The molecule has 144 valence electrons. The third-order valence-electron chi connectivity index (χ3n) is 4.61. The molecule has 6 nitrogen and oxygen atoms in total. The molecule has 0 aliphatic carbocycles. The topological polar surface area (TPSA) is 68.5 Å². The smallest absolute Gasteiger partial charge is 0.276 e. The summed E-state index contributed by atoms with van der Waals surface area (Å²) in [6.07, 6.45) is 4.75. The SMILES string of the molecule is O=C(c1cc(COc2cncc(Cl)c2)on1)N1CCC[C@H]1c1ccc(F)cc1. The van der Waals surface area contributed by atoms with Crippen LogP contribution in [0.15, 0.2) is 53.3 Å². The molecule has 2 aromatic heterocycles. The van der Waals surface area contributed by atoms with Crippen molar-refractivity contribution in [1.29, 1.82) is 0 Å². The van der Waals surface area contributed by atoms with Crippen LogP contribution < -0.4 is 4.74 Å². The van der Waals surface area contributed by atoms with E-state index in [1.54, 1.807) is 29.2 Å². The van der Waals surface area contributed by atoms with Gasteiger partial charge in [-0.2, -0.15) is 0 Å². The summed E-state index contributed by atoms with van der Waals surface area (Å²) in [5.74, 6) is 0.399. The third-order valence-corrected chi connectivity index (χ3v) is 4.81. The fraction of sp³-hybridized carbons (Fsp3) is 0.250. The number of hydrogen-bond acceptors (Lipinski definition) is 5. The minimum Gasteiger partial charge on any atom is -0.484 e. The van der Waals surface area contributed by atoms with Gasteiger partial charge in [-0.3, -0.25) is 9.78 Å². The highest BCUT2D eigenvalue weighted by atomic mass is 35.5. The molecule has 8 heteroatoms. The number of nitrogens with zero attached hydrogens (tertiary/aromatic N) is 3. The summed E-state index contributed by atoms with van der Waals surface area (Å²) < 4.78 is 24.0. The Bertz CT molecular complexity index is 977. The van der Waals surface area contributed by atoms with Crippen LogP contribution in [-0.4, -0.2) is 27.5 Å². The monoisotopic (exact) mass is 401 g/mol. The second kappa shape index (κ2) is 7.98. The highest BCUT2D eigenvalue weighted by Crippen LogP contribution is 2.33. The van der Waals surface area contributed by atoms with Gasteiger partial charge < -0.3 is 14.2 Å². The first-order valence-corrected chi connectivity index (χ1v) is 9.23. The number of rotatable bonds is 5. The van der Waals surface area contributed by atoms with E-state index < -0.39 is 0 Å². The summed E-state index contributed by atoms with van der Waals surface area (Å²) in [6, 6.07) is 9.36. The molecular formula is C20H17ClFN3O3. The van der Waals surface area contributed by atoms with E-state index in [4.69, 9.17) is 20.9 Å². The number of carbonyl (C=O) groups excluding carboxylic acids is 1. The molecule has 0 saturated carbocycles. The van der Waals surface area contributed by atoms with Gasteiger partial charge in [-0.05, 0) is 30.5 Å². The molecule has 0 unspecified atom stereocenters. The van der Waals surface area contributed by atoms with Gasteiger partial charge in [-0.15, -0.1) is 0 Å². The van der Waals surface area contributed by atoms with Crippen molar-refractivity contribution in [3.05, 3.63) is 76.6 Å². The van der Waals surface area contributed by atoms with Crippen molar-refractivity contribution in [2.75, 3.05) is 6.54 Å². The Hall–Kier alpha value is -2.93. The van der Waals surface area contributed by atoms with Gasteiger partial charge in [0.25, 0.3) is 5.91 Å². The van der Waals surface area contributed by atoms with Gasteiger partial charge in [0, 0.05) is 24.9 Å². The standard InChI is InChI=1S/C20H17ClFN3O3/c21-14-8-16(11-23-10-14)27-12-17-9-18(24-28-17)20(26)25-7-1-2-19(25)13-3-5-15(22)6-4-13/h3-6,8-11,19H,1-2,7,12H2/t19-/m0/s1. The molecule has 3 aromatic rings. The molecule has 0 bridgehead atoms. The van der Waals surface area contributed by atoms with Crippen LogP contribution in [0.4, 0.5) is 4.39 Å². The van der Waals surface area contributed by atoms with E-state index in [0.717, 1.165) is 18.4 Å². The maximum Gasteiger partial charge on any atom is 0.276 e. The fourth-order valence-electron chi connectivity index (χ4n) is 3.30. The normalized spacial score (nSPS) is 16.4. The molecule has 0 spiro atoms. The highest BCUT2D eigenvalue weighted by Gasteiger charge is 2.32. The summed E-state index contributed by atoms with van der Waals surface area (Å²) in [7, 11) is 0. The van der Waals surface area contributed by atoms with Crippen LogP contribution in [0.3, 0.4) is 0 Å². The molecular weight excluding hydrogens is 385 g/mol. The Morgan fingerprint density at radius 3 is 2.89 bits per heavy atom. The van der Waals surface area contributed by atoms with Crippen LogP contribution in [0.2, 0.25) is 5.02 Å². The third kappa shape index (κ3) is 3.99. The van der Waals surface area contributed by atoms with Crippen LogP contribution in [0.5, 0.6) is 5.75 Å². The number of amides is 1. The Morgan fingerprint density at radius 2 is 2.11 bits per heavy atom. The van der Waals surface area contributed by atoms with Crippen LogP contribution in [0.1, 0.15) is 40.7 Å². The van der Waals surface area contributed by atoms with Gasteiger partial charge in [0.1, 0.15) is 18.2 Å². The first-order chi connectivity index (χ1) is 13.6. The van der Waals surface area contributed by atoms with Crippen molar-refractivity contribution in [1.82, 2.24) is 15.0 Å². The number of hydrogen-bond donors (Lipinski definition) is 0. The number of ether oxygens (including phenoxy) is 1. The first kappa shape index (κ1) is 18.4. The average Bonchev–Trinajstić information content (AvgIpc) is 3.36. The van der Waals surface area contributed by atoms with Gasteiger partial charge in [0.2, 0.25) is 0 Å². The number of pyridine rings is 1. The Balaban J connectivity index is 1.44. The summed E-state index contributed by atoms with van der Waals surface area (Å²) >= 11 is 5.87. The van der Waals surface area contributed by atoms with Crippen LogP contribution in [-0.2, 0) is 6.61 Å². The molecule has 1 aromatic carbocycles. The van der Waals surface area contributed by atoms with Crippen molar-refractivity contribution in [3.63, 3.8) is 0 Å². The Kier molecular flexibility index (Phi) is 5.25. The van der Waals surface area contributed by atoms with E-state index in [0.29, 0.717) is 23.1 Å². The van der Waals surface area contributed by atoms with E-state index in [9.17, 15) is 9.18 Å². The zero-order valence-electron chi connectivity index (χ0n) is 14.8. The van der Waals surface area contributed by atoms with Gasteiger partial charge in [-0.1, -0.05) is 28.9 Å². The van der Waals surface area contributed by atoms with E-state index in [1.165, 1.54) is 24.5 Å². The molecule has 4 rings (SSSR count). The van der Waals surface area contributed by atoms with Crippen molar-refractivity contribution < 1.29 is 18.4 Å². The minimum absolute atomic E-state index is 0.0953. The van der Waals surface area contributed by atoms with Crippen molar-refractivity contribution in [2.24, 2.45) is 0 Å². The number of carbonyl (C=O) groups is 1. The molecule has 1 aliphatic rings. The van der Waals surface area contributed by atoms with Crippen LogP contribution in [0, 0.1) is 5.82 Å². The van der Waals surface area contributed by atoms with Crippen molar-refractivity contribution in [3.8, 4) is 5.75 Å². The number of benzene rings is 1. The lowest BCUT2D eigenvalue weighted by atomic mass is 10.0. The summed E-state index contributed by atoms with van der Waals surface area (Å²) in [4.78, 5) is 18.6. The van der Waals surface area contributed by atoms with E-state index >= 15 is 0 Å². The van der Waals surface area contributed by atoms with Gasteiger partial charge >= 0.3 is 0 Å². The molecule has 1 aliphatic heterocycles. The molecule has 1 atom stereocenters. The Morgan fingerprint density at radius 1 is 1.29 bits per heavy atom. The van der Waals surface area contributed by atoms with Crippen molar-refractivity contribution >= 4 is 17.5 Å². The quantitative estimate of drug-likeness (QED) is 0.633. The number of halogens is 2. The molecule has 0 N–H and O–H groups in total. The average molecular weight is 402 g/mol. The second-order valence-corrected chi connectivity index (χ2v) is 6.95. The zero-order valence-corrected chi connectivity index (χ0v) is 15.6. The van der Waals surface area contributed by atoms with Gasteiger partial charge in [0.05, 0.1) is 17.3 Å². The van der Waals surface area contributed by atoms with Crippen LogP contribution in [0.25, 0.3) is 0 Å². The lowest BCUT2D eigenvalue weighted by Crippen LogP contribution is -2.30. The number of aromatic nitrogens is 2. The minimum atomic E-state index is -0.296. The number of likely N-dealkylation sites (tertiary alicyclic amines) is 1.